The van der Waals surface area contributed by atoms with Crippen LogP contribution in [0.2, 0.25) is 5.02 Å². The average molecular weight is 243 g/mol. The smallest absolute Gasteiger partial charge is 0.0634 e. The summed E-state index contributed by atoms with van der Waals surface area (Å²) in [5.74, 6) is 0. The summed E-state index contributed by atoms with van der Waals surface area (Å²) >= 11 is 6.03. The Morgan fingerprint density at radius 3 is 2.88 bits per heavy atom. The second kappa shape index (κ2) is 7.60. The lowest BCUT2D eigenvalue weighted by Crippen LogP contribution is -2.19. The maximum absolute atomic E-state index is 8.67. The van der Waals surface area contributed by atoms with Crippen molar-refractivity contribution in [1.82, 2.24) is 9.88 Å². The van der Waals surface area contributed by atoms with Gasteiger partial charge in [-0.2, -0.15) is 0 Å². The van der Waals surface area contributed by atoms with E-state index in [4.69, 9.17) is 16.7 Å². The number of pyridine rings is 1. The van der Waals surface area contributed by atoms with Gasteiger partial charge in [-0.1, -0.05) is 11.6 Å². The molecule has 0 amide bonds. The van der Waals surface area contributed by atoms with Gasteiger partial charge >= 0.3 is 0 Å². The molecule has 0 unspecified atom stereocenters. The Morgan fingerprint density at radius 1 is 1.38 bits per heavy atom. The molecule has 0 bridgehead atoms. The van der Waals surface area contributed by atoms with Crippen LogP contribution in [0, 0.1) is 0 Å². The van der Waals surface area contributed by atoms with Crippen LogP contribution in [0.5, 0.6) is 0 Å². The highest BCUT2D eigenvalue weighted by Crippen LogP contribution is 2.15. The maximum Gasteiger partial charge on any atom is 0.0634 e. The molecule has 0 aliphatic carbocycles. The first-order chi connectivity index (χ1) is 7.74. The van der Waals surface area contributed by atoms with Crippen LogP contribution in [0.1, 0.15) is 24.8 Å². The Bertz CT molecular complexity index is 307. The van der Waals surface area contributed by atoms with Crippen LogP contribution in [0.25, 0.3) is 0 Å². The van der Waals surface area contributed by atoms with Crippen molar-refractivity contribution in [3.63, 3.8) is 0 Å². The van der Waals surface area contributed by atoms with E-state index in [0.717, 1.165) is 42.9 Å². The van der Waals surface area contributed by atoms with Gasteiger partial charge in [0.1, 0.15) is 0 Å². The van der Waals surface area contributed by atoms with Crippen LogP contribution >= 0.6 is 11.6 Å². The Kier molecular flexibility index (Phi) is 6.38. The molecule has 0 radical (unpaired) electrons. The van der Waals surface area contributed by atoms with Gasteiger partial charge in [0.2, 0.25) is 0 Å². The van der Waals surface area contributed by atoms with E-state index in [9.17, 15) is 0 Å². The molecule has 1 rings (SSSR count). The van der Waals surface area contributed by atoms with Crippen molar-refractivity contribution in [2.75, 3.05) is 20.2 Å². The summed E-state index contributed by atoms with van der Waals surface area (Å²) < 4.78 is 0. The molecule has 1 aromatic heterocycles. The van der Waals surface area contributed by atoms with Gasteiger partial charge in [0.25, 0.3) is 0 Å². The first kappa shape index (κ1) is 13.4. The van der Waals surface area contributed by atoms with Crippen LogP contribution in [0.4, 0.5) is 0 Å². The fourth-order valence-corrected chi connectivity index (χ4v) is 1.75. The Hall–Kier alpha value is -0.640. The van der Waals surface area contributed by atoms with Gasteiger partial charge in [0.15, 0.2) is 0 Å². The molecule has 0 saturated heterocycles. The van der Waals surface area contributed by atoms with Crippen molar-refractivity contribution in [3.05, 3.63) is 29.0 Å². The third-order valence-electron chi connectivity index (χ3n) is 2.49. The zero-order chi connectivity index (χ0) is 11.8. The van der Waals surface area contributed by atoms with Crippen molar-refractivity contribution in [3.8, 4) is 0 Å². The molecule has 0 aliphatic rings. The van der Waals surface area contributed by atoms with Crippen LogP contribution < -0.4 is 0 Å². The summed E-state index contributed by atoms with van der Waals surface area (Å²) in [6.07, 6.45) is 6.52. The molecular formula is C12H19ClN2O. The van der Waals surface area contributed by atoms with E-state index >= 15 is 0 Å². The Labute approximate surface area is 102 Å². The monoisotopic (exact) mass is 242 g/mol. The summed E-state index contributed by atoms with van der Waals surface area (Å²) in [5, 5.41) is 9.39. The second-order valence-corrected chi connectivity index (χ2v) is 4.40. The lowest BCUT2D eigenvalue weighted by molar-refractivity contribution is 0.271. The summed E-state index contributed by atoms with van der Waals surface area (Å²) in [6.45, 7) is 2.17. The highest BCUT2D eigenvalue weighted by atomic mass is 35.5. The van der Waals surface area contributed by atoms with Crippen molar-refractivity contribution in [2.45, 2.75) is 25.8 Å². The van der Waals surface area contributed by atoms with Crippen molar-refractivity contribution < 1.29 is 5.11 Å². The lowest BCUT2D eigenvalue weighted by Gasteiger charge is -2.16. The molecule has 0 aliphatic heterocycles. The predicted molar refractivity (Wildman–Crippen MR) is 66.5 cm³/mol. The summed E-state index contributed by atoms with van der Waals surface area (Å²) in [5.41, 5.74) is 1.11. The molecule has 0 aromatic carbocycles. The minimum absolute atomic E-state index is 0.292. The van der Waals surface area contributed by atoms with E-state index in [1.807, 2.05) is 6.07 Å². The highest BCUT2D eigenvalue weighted by Gasteiger charge is 2.03. The zero-order valence-electron chi connectivity index (χ0n) is 9.69. The second-order valence-electron chi connectivity index (χ2n) is 3.99. The van der Waals surface area contributed by atoms with Gasteiger partial charge < -0.3 is 10.0 Å². The van der Waals surface area contributed by atoms with E-state index in [1.165, 1.54) is 0 Å². The van der Waals surface area contributed by atoms with Crippen LogP contribution in [-0.2, 0) is 6.54 Å². The lowest BCUT2D eigenvalue weighted by atomic mass is 10.2. The third kappa shape index (κ3) is 4.92. The number of halogens is 1. The number of hydrogen-bond acceptors (Lipinski definition) is 3. The standard InChI is InChI=1S/C12H19ClN2O/c1-15(7-3-2-4-8-16)10-11-5-6-14-9-12(11)13/h5-6,9,16H,2-4,7-8,10H2,1H3. The largest absolute Gasteiger partial charge is 0.396 e. The van der Waals surface area contributed by atoms with Crippen molar-refractivity contribution in [1.29, 1.82) is 0 Å². The van der Waals surface area contributed by atoms with E-state index in [2.05, 4.69) is 16.9 Å². The van der Waals surface area contributed by atoms with E-state index < -0.39 is 0 Å². The molecule has 1 aromatic rings. The number of aliphatic hydroxyl groups is 1. The summed E-state index contributed by atoms with van der Waals surface area (Å²) in [6, 6.07) is 1.95. The zero-order valence-corrected chi connectivity index (χ0v) is 10.5. The van der Waals surface area contributed by atoms with Crippen LogP contribution in [0.15, 0.2) is 18.5 Å². The SMILES string of the molecule is CN(CCCCCO)Cc1ccncc1Cl. The molecule has 1 N–H and O–H groups in total. The molecule has 0 spiro atoms. The van der Waals surface area contributed by atoms with Crippen LogP contribution in [0.3, 0.4) is 0 Å². The van der Waals surface area contributed by atoms with Crippen molar-refractivity contribution >= 4 is 11.6 Å². The maximum atomic E-state index is 8.67. The quantitative estimate of drug-likeness (QED) is 0.746. The highest BCUT2D eigenvalue weighted by molar-refractivity contribution is 6.31. The van der Waals surface area contributed by atoms with Gasteiger partial charge in [-0.3, -0.25) is 4.98 Å². The summed E-state index contributed by atoms with van der Waals surface area (Å²) in [4.78, 5) is 6.20. The number of aliphatic hydroxyl groups excluding tert-OH is 1. The predicted octanol–water partition coefficient (Wildman–Crippen LogP) is 2.33. The number of unbranched alkanes of at least 4 members (excludes halogenated alkanes) is 2. The van der Waals surface area contributed by atoms with Crippen molar-refractivity contribution in [2.24, 2.45) is 0 Å². The fourth-order valence-electron chi connectivity index (χ4n) is 1.57. The molecule has 4 heteroatoms. The van der Waals surface area contributed by atoms with Gasteiger partial charge in [0.05, 0.1) is 5.02 Å². The Balaban J connectivity index is 2.28. The molecule has 0 atom stereocenters. The molecule has 0 fully saturated rings. The van der Waals surface area contributed by atoms with Gasteiger partial charge in [-0.05, 0) is 44.5 Å². The van der Waals surface area contributed by atoms with Gasteiger partial charge in [-0.15, -0.1) is 0 Å². The molecule has 16 heavy (non-hydrogen) atoms. The molecular weight excluding hydrogens is 224 g/mol. The molecule has 0 saturated carbocycles. The van der Waals surface area contributed by atoms with E-state index in [-0.39, 0.29) is 0 Å². The number of nitrogens with zero attached hydrogens (tertiary/aromatic N) is 2. The number of rotatable bonds is 7. The third-order valence-corrected chi connectivity index (χ3v) is 2.83. The normalized spacial score (nSPS) is 11.0. The summed E-state index contributed by atoms with van der Waals surface area (Å²) in [7, 11) is 2.08. The Morgan fingerprint density at radius 2 is 2.19 bits per heavy atom. The van der Waals surface area contributed by atoms with Gasteiger partial charge in [-0.25, -0.2) is 0 Å². The molecule has 1 heterocycles. The van der Waals surface area contributed by atoms with Gasteiger partial charge in [0, 0.05) is 25.5 Å². The minimum Gasteiger partial charge on any atom is -0.396 e. The average Bonchev–Trinajstić information content (AvgIpc) is 2.28. The van der Waals surface area contributed by atoms with E-state index in [0.29, 0.717) is 6.61 Å². The fraction of sp³-hybridized carbons (Fsp3) is 0.583. The molecule has 3 nitrogen and oxygen atoms in total. The van der Waals surface area contributed by atoms with E-state index in [1.54, 1.807) is 12.4 Å². The number of hydrogen-bond donors (Lipinski definition) is 1. The first-order valence-corrected chi connectivity index (χ1v) is 5.99. The van der Waals surface area contributed by atoms with Crippen LogP contribution in [-0.4, -0.2) is 35.2 Å². The minimum atomic E-state index is 0.292. The topological polar surface area (TPSA) is 36.4 Å². The number of aromatic nitrogens is 1. The molecule has 90 valence electrons. The first-order valence-electron chi connectivity index (χ1n) is 5.62.